The average Bonchev–Trinajstić information content (AvgIpc) is 2.35. The summed E-state index contributed by atoms with van der Waals surface area (Å²) in [5.74, 6) is -0.0376. The van der Waals surface area contributed by atoms with Crippen molar-refractivity contribution < 1.29 is 4.79 Å². The van der Waals surface area contributed by atoms with Crippen LogP contribution in [0.15, 0.2) is 18.2 Å². The van der Waals surface area contributed by atoms with Gasteiger partial charge < -0.3 is 11.1 Å². The molecule has 0 spiro atoms. The summed E-state index contributed by atoms with van der Waals surface area (Å²) in [4.78, 5) is 14.1. The molecule has 3 N–H and O–H groups in total. The van der Waals surface area contributed by atoms with Crippen LogP contribution in [0.4, 0.5) is 11.4 Å². The number of hydrogen-bond acceptors (Lipinski definition) is 3. The lowest BCUT2D eigenvalue weighted by molar-refractivity contribution is -0.117. The topological polar surface area (TPSA) is 58.4 Å². The van der Waals surface area contributed by atoms with Crippen molar-refractivity contribution in [2.45, 2.75) is 19.3 Å². The van der Waals surface area contributed by atoms with E-state index in [1.54, 1.807) is 18.2 Å². The molecule has 1 aromatic rings. The van der Waals surface area contributed by atoms with E-state index in [9.17, 15) is 4.79 Å². The predicted molar refractivity (Wildman–Crippen MR) is 74.8 cm³/mol. The summed E-state index contributed by atoms with van der Waals surface area (Å²) in [6.45, 7) is 2.42. The first-order valence-electron chi connectivity index (χ1n) is 6.22. The quantitative estimate of drug-likeness (QED) is 0.827. The van der Waals surface area contributed by atoms with Crippen molar-refractivity contribution in [3.8, 4) is 0 Å². The summed E-state index contributed by atoms with van der Waals surface area (Å²) in [6, 6.07) is 5.08. The van der Waals surface area contributed by atoms with Gasteiger partial charge in [-0.3, -0.25) is 9.69 Å². The molecule has 1 aliphatic rings. The van der Waals surface area contributed by atoms with E-state index in [0.29, 0.717) is 22.9 Å². The lowest BCUT2D eigenvalue weighted by Crippen LogP contribution is -2.36. The molecular formula is C13H18ClN3O. The van der Waals surface area contributed by atoms with Gasteiger partial charge in [0.2, 0.25) is 5.91 Å². The number of piperidine rings is 1. The van der Waals surface area contributed by atoms with E-state index in [-0.39, 0.29) is 5.91 Å². The number of rotatable bonds is 3. The second kappa shape index (κ2) is 6.07. The van der Waals surface area contributed by atoms with Gasteiger partial charge in [-0.2, -0.15) is 0 Å². The van der Waals surface area contributed by atoms with E-state index in [4.69, 9.17) is 17.3 Å². The minimum absolute atomic E-state index is 0.0376. The van der Waals surface area contributed by atoms with Crippen LogP contribution in [0, 0.1) is 0 Å². The molecule has 0 aromatic heterocycles. The van der Waals surface area contributed by atoms with Gasteiger partial charge in [0.15, 0.2) is 0 Å². The van der Waals surface area contributed by atoms with Crippen LogP contribution >= 0.6 is 11.6 Å². The number of hydrogen-bond donors (Lipinski definition) is 2. The fourth-order valence-electron chi connectivity index (χ4n) is 2.15. The molecule has 5 heteroatoms. The minimum Gasteiger partial charge on any atom is -0.399 e. The fraction of sp³-hybridized carbons (Fsp3) is 0.462. The van der Waals surface area contributed by atoms with E-state index in [1.165, 1.54) is 19.3 Å². The number of likely N-dealkylation sites (tertiary alicyclic amines) is 1. The van der Waals surface area contributed by atoms with Crippen molar-refractivity contribution >= 4 is 28.9 Å². The third-order valence-corrected chi connectivity index (χ3v) is 3.41. The Balaban J connectivity index is 1.92. The molecular weight excluding hydrogens is 250 g/mol. The minimum atomic E-state index is -0.0376. The largest absolute Gasteiger partial charge is 0.399 e. The van der Waals surface area contributed by atoms with Crippen LogP contribution in [0.1, 0.15) is 19.3 Å². The van der Waals surface area contributed by atoms with Gasteiger partial charge in [0.1, 0.15) is 0 Å². The standard InChI is InChI=1S/C13H18ClN3O/c14-11-5-4-10(15)8-12(11)16-13(18)9-17-6-2-1-3-7-17/h4-5,8H,1-3,6-7,9,15H2,(H,16,18). The lowest BCUT2D eigenvalue weighted by Gasteiger charge is -2.25. The van der Waals surface area contributed by atoms with Crippen LogP contribution in [0.25, 0.3) is 0 Å². The fourth-order valence-corrected chi connectivity index (χ4v) is 2.31. The first-order chi connectivity index (χ1) is 8.65. The first kappa shape index (κ1) is 13.2. The number of amides is 1. The Morgan fingerprint density at radius 1 is 1.33 bits per heavy atom. The molecule has 4 nitrogen and oxygen atoms in total. The number of halogens is 1. The smallest absolute Gasteiger partial charge is 0.238 e. The summed E-state index contributed by atoms with van der Waals surface area (Å²) < 4.78 is 0. The Kier molecular flexibility index (Phi) is 4.44. The summed E-state index contributed by atoms with van der Waals surface area (Å²) in [5, 5.41) is 3.32. The number of nitrogen functional groups attached to an aromatic ring is 1. The zero-order chi connectivity index (χ0) is 13.0. The Hall–Kier alpha value is -1.26. The number of anilines is 2. The van der Waals surface area contributed by atoms with E-state index < -0.39 is 0 Å². The second-order valence-corrected chi connectivity index (χ2v) is 5.03. The van der Waals surface area contributed by atoms with Crippen molar-refractivity contribution in [3.63, 3.8) is 0 Å². The van der Waals surface area contributed by atoms with E-state index in [2.05, 4.69) is 10.2 Å². The van der Waals surface area contributed by atoms with Crippen LogP contribution in [-0.4, -0.2) is 30.4 Å². The van der Waals surface area contributed by atoms with Crippen molar-refractivity contribution in [2.75, 3.05) is 30.7 Å². The Bertz CT molecular complexity index is 430. The molecule has 0 aliphatic carbocycles. The van der Waals surface area contributed by atoms with Gasteiger partial charge in [0.25, 0.3) is 0 Å². The molecule has 1 fully saturated rings. The van der Waals surface area contributed by atoms with Gasteiger partial charge in [-0.1, -0.05) is 18.0 Å². The third-order valence-electron chi connectivity index (χ3n) is 3.08. The Morgan fingerprint density at radius 2 is 2.06 bits per heavy atom. The molecule has 0 bridgehead atoms. The highest BCUT2D eigenvalue weighted by Gasteiger charge is 2.14. The maximum absolute atomic E-state index is 11.9. The maximum Gasteiger partial charge on any atom is 0.238 e. The molecule has 1 heterocycles. The SMILES string of the molecule is Nc1ccc(Cl)c(NC(=O)CN2CCCCC2)c1. The normalized spacial score (nSPS) is 16.5. The van der Waals surface area contributed by atoms with Crippen molar-refractivity contribution in [1.82, 2.24) is 4.90 Å². The second-order valence-electron chi connectivity index (χ2n) is 4.62. The van der Waals surface area contributed by atoms with Gasteiger partial charge in [0, 0.05) is 5.69 Å². The molecule has 1 amide bonds. The summed E-state index contributed by atoms with van der Waals surface area (Å²) in [6.07, 6.45) is 3.61. The molecule has 0 unspecified atom stereocenters. The van der Waals surface area contributed by atoms with Gasteiger partial charge in [0.05, 0.1) is 17.3 Å². The zero-order valence-corrected chi connectivity index (χ0v) is 11.0. The summed E-state index contributed by atoms with van der Waals surface area (Å²) in [5.41, 5.74) is 6.84. The van der Waals surface area contributed by atoms with Crippen LogP contribution in [0.5, 0.6) is 0 Å². The van der Waals surface area contributed by atoms with Crippen molar-refractivity contribution in [3.05, 3.63) is 23.2 Å². The molecule has 2 rings (SSSR count). The highest BCUT2D eigenvalue weighted by molar-refractivity contribution is 6.33. The lowest BCUT2D eigenvalue weighted by atomic mass is 10.1. The van der Waals surface area contributed by atoms with Gasteiger partial charge in [-0.15, -0.1) is 0 Å². The van der Waals surface area contributed by atoms with Crippen LogP contribution in [0.2, 0.25) is 5.02 Å². The molecule has 98 valence electrons. The molecule has 0 radical (unpaired) electrons. The van der Waals surface area contributed by atoms with Crippen LogP contribution in [0.3, 0.4) is 0 Å². The maximum atomic E-state index is 11.9. The van der Waals surface area contributed by atoms with E-state index >= 15 is 0 Å². The number of nitrogens with two attached hydrogens (primary N) is 1. The average molecular weight is 268 g/mol. The summed E-state index contributed by atoms with van der Waals surface area (Å²) >= 11 is 6.00. The zero-order valence-electron chi connectivity index (χ0n) is 10.3. The molecule has 0 atom stereocenters. The highest BCUT2D eigenvalue weighted by atomic mass is 35.5. The number of nitrogens with one attached hydrogen (secondary N) is 1. The van der Waals surface area contributed by atoms with Crippen LogP contribution in [-0.2, 0) is 4.79 Å². The molecule has 18 heavy (non-hydrogen) atoms. The molecule has 1 saturated heterocycles. The molecule has 1 aliphatic heterocycles. The number of carbonyl (C=O) groups is 1. The number of nitrogens with zero attached hydrogens (tertiary/aromatic N) is 1. The number of benzene rings is 1. The van der Waals surface area contributed by atoms with Gasteiger partial charge in [-0.25, -0.2) is 0 Å². The Labute approximate surface area is 112 Å². The van der Waals surface area contributed by atoms with Crippen LogP contribution < -0.4 is 11.1 Å². The first-order valence-corrected chi connectivity index (χ1v) is 6.60. The third kappa shape index (κ3) is 3.62. The monoisotopic (exact) mass is 267 g/mol. The highest BCUT2D eigenvalue weighted by Crippen LogP contribution is 2.24. The predicted octanol–water partition coefficient (Wildman–Crippen LogP) is 2.35. The molecule has 1 aromatic carbocycles. The van der Waals surface area contributed by atoms with Gasteiger partial charge in [-0.05, 0) is 44.1 Å². The van der Waals surface area contributed by atoms with Gasteiger partial charge >= 0.3 is 0 Å². The van der Waals surface area contributed by atoms with E-state index in [1.807, 2.05) is 0 Å². The van der Waals surface area contributed by atoms with Crippen molar-refractivity contribution in [2.24, 2.45) is 0 Å². The Morgan fingerprint density at radius 3 is 2.78 bits per heavy atom. The number of carbonyl (C=O) groups excluding carboxylic acids is 1. The summed E-state index contributed by atoms with van der Waals surface area (Å²) in [7, 11) is 0. The van der Waals surface area contributed by atoms with E-state index in [0.717, 1.165) is 13.1 Å². The molecule has 0 saturated carbocycles. The van der Waals surface area contributed by atoms with Crippen molar-refractivity contribution in [1.29, 1.82) is 0 Å².